The SMILES string of the molecule is CCCCc1ccc(C(O)(c2ccc(CCCC)cc2CCCC)C(CO)(CO)CO)c(CCCC)c1.OP(O)OP(O)O. The third-order valence-electron chi connectivity index (χ3n) is 8.18. The van der Waals surface area contributed by atoms with Crippen molar-refractivity contribution in [2.75, 3.05) is 19.8 Å². The molecular formula is C33H56O9P2. The van der Waals surface area contributed by atoms with Gasteiger partial charge in [-0.2, -0.15) is 0 Å². The maximum absolute atomic E-state index is 12.9. The molecule has 0 saturated heterocycles. The minimum Gasteiger partial charge on any atom is -0.395 e. The van der Waals surface area contributed by atoms with E-state index >= 15 is 0 Å². The largest absolute Gasteiger partial charge is 0.395 e. The Labute approximate surface area is 266 Å². The zero-order valence-electron chi connectivity index (χ0n) is 27.0. The number of aliphatic hydroxyl groups excluding tert-OH is 3. The van der Waals surface area contributed by atoms with E-state index in [-0.39, 0.29) is 0 Å². The molecule has 8 N–H and O–H groups in total. The van der Waals surface area contributed by atoms with E-state index in [9.17, 15) is 20.4 Å². The Morgan fingerprint density at radius 2 is 0.909 bits per heavy atom. The molecule has 0 aliphatic heterocycles. The van der Waals surface area contributed by atoms with E-state index in [4.69, 9.17) is 19.6 Å². The number of hydrogen-bond acceptors (Lipinski definition) is 9. The van der Waals surface area contributed by atoms with Crippen molar-refractivity contribution in [1.29, 1.82) is 0 Å². The third kappa shape index (κ3) is 11.6. The van der Waals surface area contributed by atoms with Crippen LogP contribution in [-0.4, -0.2) is 59.8 Å². The number of rotatable bonds is 20. The molecule has 11 heteroatoms. The van der Waals surface area contributed by atoms with Crippen LogP contribution in [-0.2, 0) is 35.6 Å². The second-order valence-electron chi connectivity index (χ2n) is 11.4. The summed E-state index contributed by atoms with van der Waals surface area (Å²) in [5.74, 6) is 0. The summed E-state index contributed by atoms with van der Waals surface area (Å²) in [6.45, 7) is 7.08. The normalized spacial score (nSPS) is 12.1. The fourth-order valence-electron chi connectivity index (χ4n) is 5.50. The van der Waals surface area contributed by atoms with E-state index in [0.29, 0.717) is 11.1 Å². The standard InChI is InChI=1S/C33H52O4.H4O5P2/c1-5-9-13-26-17-19-30(28(21-26)15-11-7-3)33(37,32(23-34,24-35)25-36)31-20-18-27(14-10-6-2)22-29(31)16-12-8-4;1-6(2)5-7(3)4/h17-22,34-37H,5-16,23-25H2,1-4H3;1-4H. The second kappa shape index (κ2) is 21.7. The van der Waals surface area contributed by atoms with Crippen molar-refractivity contribution >= 4 is 17.2 Å². The van der Waals surface area contributed by atoms with E-state index in [1.54, 1.807) is 0 Å². The molecule has 0 saturated carbocycles. The Balaban J connectivity index is 0.00000123. The van der Waals surface area contributed by atoms with Crippen LogP contribution >= 0.6 is 17.2 Å². The molecule has 0 heterocycles. The van der Waals surface area contributed by atoms with Gasteiger partial charge >= 0.3 is 17.2 Å². The zero-order valence-corrected chi connectivity index (χ0v) is 28.7. The number of hydrogen-bond donors (Lipinski definition) is 8. The lowest BCUT2D eigenvalue weighted by atomic mass is 9.63. The van der Waals surface area contributed by atoms with Gasteiger partial charge in [-0.15, -0.1) is 0 Å². The average molecular weight is 659 g/mol. The summed E-state index contributed by atoms with van der Waals surface area (Å²) < 4.78 is 3.60. The number of benzene rings is 2. The van der Waals surface area contributed by atoms with E-state index in [0.717, 1.165) is 88.2 Å². The van der Waals surface area contributed by atoms with Crippen molar-refractivity contribution in [2.24, 2.45) is 5.41 Å². The lowest BCUT2D eigenvalue weighted by molar-refractivity contribution is -0.136. The molecule has 2 rings (SSSR count). The highest BCUT2D eigenvalue weighted by atomic mass is 31.2. The van der Waals surface area contributed by atoms with Gasteiger partial charge in [0, 0.05) is 0 Å². The first-order valence-corrected chi connectivity index (χ1v) is 18.2. The fraction of sp³-hybridized carbons (Fsp3) is 0.636. The zero-order chi connectivity index (χ0) is 33.2. The van der Waals surface area contributed by atoms with Crippen LogP contribution < -0.4 is 0 Å². The molecule has 2 aromatic rings. The first-order chi connectivity index (χ1) is 21.0. The highest BCUT2D eigenvalue weighted by Gasteiger charge is 2.53. The molecule has 9 nitrogen and oxygen atoms in total. The van der Waals surface area contributed by atoms with Gasteiger partial charge in [-0.25, -0.2) is 4.31 Å². The Morgan fingerprint density at radius 1 is 0.568 bits per heavy atom. The summed E-state index contributed by atoms with van der Waals surface area (Å²) in [7, 11) is -5.22. The molecule has 0 spiro atoms. The molecular weight excluding hydrogens is 602 g/mol. The maximum Gasteiger partial charge on any atom is 0.334 e. The van der Waals surface area contributed by atoms with Crippen LogP contribution in [0.3, 0.4) is 0 Å². The smallest absolute Gasteiger partial charge is 0.334 e. The summed E-state index contributed by atoms with van der Waals surface area (Å²) in [5.41, 5.74) is 2.65. The van der Waals surface area contributed by atoms with Crippen LogP contribution in [0, 0.1) is 5.41 Å². The van der Waals surface area contributed by atoms with Gasteiger partial charge < -0.3 is 40.0 Å². The molecule has 0 amide bonds. The van der Waals surface area contributed by atoms with Crippen molar-refractivity contribution in [1.82, 2.24) is 0 Å². The minimum atomic E-state index is -2.61. The molecule has 44 heavy (non-hydrogen) atoms. The highest BCUT2D eigenvalue weighted by molar-refractivity contribution is 7.53. The summed E-state index contributed by atoms with van der Waals surface area (Å²) in [4.78, 5) is 31.3. The van der Waals surface area contributed by atoms with Crippen molar-refractivity contribution in [2.45, 2.75) is 110 Å². The van der Waals surface area contributed by atoms with Crippen molar-refractivity contribution < 1.29 is 44.3 Å². The van der Waals surface area contributed by atoms with Gasteiger partial charge in [-0.3, -0.25) is 0 Å². The molecule has 0 radical (unpaired) electrons. The fourth-order valence-corrected chi connectivity index (χ4v) is 6.02. The van der Waals surface area contributed by atoms with E-state index in [1.807, 2.05) is 12.1 Å². The number of aryl methyl sites for hydroxylation is 4. The topological polar surface area (TPSA) is 171 Å². The first kappa shape index (κ1) is 41.0. The minimum absolute atomic E-state index is 0.536. The van der Waals surface area contributed by atoms with Crippen molar-refractivity contribution in [3.05, 3.63) is 69.8 Å². The van der Waals surface area contributed by atoms with E-state index < -0.39 is 48.0 Å². The Hall–Kier alpha value is -1.06. The van der Waals surface area contributed by atoms with Gasteiger partial charge in [0.25, 0.3) is 0 Å². The summed E-state index contributed by atoms with van der Waals surface area (Å²) in [6, 6.07) is 12.5. The lowest BCUT2D eigenvalue weighted by Gasteiger charge is -2.47. The molecule has 0 aromatic heterocycles. The van der Waals surface area contributed by atoms with Gasteiger partial charge in [0.15, 0.2) is 0 Å². The molecule has 0 fully saturated rings. The maximum atomic E-state index is 12.9. The molecule has 0 bridgehead atoms. The molecule has 252 valence electrons. The number of aliphatic hydroxyl groups is 4. The van der Waals surface area contributed by atoms with Crippen LogP contribution in [0.25, 0.3) is 0 Å². The molecule has 0 unspecified atom stereocenters. The lowest BCUT2D eigenvalue weighted by Crippen LogP contribution is -2.55. The monoisotopic (exact) mass is 658 g/mol. The number of unbranched alkanes of at least 4 members (excludes halogenated alkanes) is 4. The predicted octanol–water partition coefficient (Wildman–Crippen LogP) is 5.68. The quantitative estimate of drug-likeness (QED) is 0.0834. The third-order valence-corrected chi connectivity index (χ3v) is 9.35. The van der Waals surface area contributed by atoms with Crippen molar-refractivity contribution in [3.63, 3.8) is 0 Å². The van der Waals surface area contributed by atoms with Gasteiger partial charge in [0.05, 0.1) is 25.2 Å². The second-order valence-corrected chi connectivity index (χ2v) is 13.1. The summed E-state index contributed by atoms with van der Waals surface area (Å²) >= 11 is 0. The van der Waals surface area contributed by atoms with Gasteiger partial charge in [0.1, 0.15) is 5.60 Å². The molecule has 2 aromatic carbocycles. The molecule has 0 atom stereocenters. The molecule has 0 aliphatic carbocycles. The van der Waals surface area contributed by atoms with Crippen LogP contribution in [0.2, 0.25) is 0 Å². The Morgan fingerprint density at radius 3 is 1.18 bits per heavy atom. The summed E-state index contributed by atoms with van der Waals surface area (Å²) in [5, 5.41) is 44.8. The first-order valence-electron chi connectivity index (χ1n) is 15.9. The van der Waals surface area contributed by atoms with Gasteiger partial charge in [-0.1, -0.05) is 89.8 Å². The highest BCUT2D eigenvalue weighted by Crippen LogP contribution is 2.48. The van der Waals surface area contributed by atoms with E-state index in [2.05, 4.69) is 56.3 Å². The van der Waals surface area contributed by atoms with Crippen LogP contribution in [0.15, 0.2) is 36.4 Å². The average Bonchev–Trinajstić information content (AvgIpc) is 3.01. The van der Waals surface area contributed by atoms with Crippen LogP contribution in [0.5, 0.6) is 0 Å². The van der Waals surface area contributed by atoms with Crippen molar-refractivity contribution in [3.8, 4) is 0 Å². The predicted molar refractivity (Wildman–Crippen MR) is 178 cm³/mol. The Bertz CT molecular complexity index is 984. The summed E-state index contributed by atoms with van der Waals surface area (Å²) in [6.07, 6.45) is 12.0. The van der Waals surface area contributed by atoms with Crippen LogP contribution in [0.4, 0.5) is 0 Å². The molecule has 0 aliphatic rings. The van der Waals surface area contributed by atoms with E-state index in [1.165, 1.54) is 11.1 Å². The van der Waals surface area contributed by atoms with Gasteiger partial charge in [0.2, 0.25) is 0 Å². The Kier molecular flexibility index (Phi) is 20.2. The van der Waals surface area contributed by atoms with Crippen LogP contribution in [0.1, 0.15) is 112 Å². The van der Waals surface area contributed by atoms with Gasteiger partial charge in [-0.05, 0) is 84.7 Å².